The van der Waals surface area contributed by atoms with E-state index < -0.39 is 0 Å². The summed E-state index contributed by atoms with van der Waals surface area (Å²) in [4.78, 5) is 2.58. The van der Waals surface area contributed by atoms with E-state index in [-0.39, 0.29) is 0 Å². The van der Waals surface area contributed by atoms with Gasteiger partial charge in [0.25, 0.3) is 0 Å². The Morgan fingerprint density at radius 1 is 1.17 bits per heavy atom. The number of rotatable bonds is 4. The third-order valence-electron chi connectivity index (χ3n) is 5.02. The van der Waals surface area contributed by atoms with Crippen molar-refractivity contribution in [2.75, 3.05) is 12.3 Å². The fraction of sp³-hybridized carbons (Fsp3) is 0.556. The highest BCUT2D eigenvalue weighted by molar-refractivity contribution is 8.00. The van der Waals surface area contributed by atoms with E-state index in [1.165, 1.54) is 30.0 Å². The van der Waals surface area contributed by atoms with Gasteiger partial charge in [0.05, 0.1) is 6.54 Å². The third-order valence-corrected chi connectivity index (χ3v) is 6.23. The lowest BCUT2D eigenvalue weighted by Crippen LogP contribution is -2.40. The summed E-state index contributed by atoms with van der Waals surface area (Å²) in [6.45, 7) is 4.35. The molecule has 1 saturated heterocycles. The molecule has 122 valence electrons. The van der Waals surface area contributed by atoms with Crippen molar-refractivity contribution in [3.05, 3.63) is 47.5 Å². The van der Waals surface area contributed by atoms with Crippen LogP contribution in [0.1, 0.15) is 48.9 Å². The maximum atomic E-state index is 4.49. The fourth-order valence-electron chi connectivity index (χ4n) is 3.58. The van der Waals surface area contributed by atoms with E-state index in [9.17, 15) is 0 Å². The molecule has 1 saturated carbocycles. The van der Waals surface area contributed by atoms with Crippen LogP contribution in [0, 0.1) is 0 Å². The lowest BCUT2D eigenvalue weighted by atomic mass is 10.0. The van der Waals surface area contributed by atoms with Gasteiger partial charge in [-0.2, -0.15) is 11.8 Å². The number of hydrogen-bond donors (Lipinski definition) is 0. The van der Waals surface area contributed by atoms with Crippen LogP contribution >= 0.6 is 11.8 Å². The van der Waals surface area contributed by atoms with Crippen molar-refractivity contribution in [1.82, 2.24) is 19.7 Å². The van der Waals surface area contributed by atoms with E-state index in [1.807, 2.05) is 0 Å². The van der Waals surface area contributed by atoms with Crippen molar-refractivity contribution in [3.8, 4) is 0 Å². The summed E-state index contributed by atoms with van der Waals surface area (Å²) in [6.07, 6.45) is 2.55. The maximum absolute atomic E-state index is 4.49. The summed E-state index contributed by atoms with van der Waals surface area (Å²) in [5, 5.41) is 9.53. The zero-order valence-electron chi connectivity index (χ0n) is 13.9. The van der Waals surface area contributed by atoms with E-state index in [2.05, 4.69) is 75.7 Å². The van der Waals surface area contributed by atoms with Crippen molar-refractivity contribution in [2.24, 2.45) is 7.05 Å². The highest BCUT2D eigenvalue weighted by Crippen LogP contribution is 2.40. The highest BCUT2D eigenvalue weighted by atomic mass is 32.2. The van der Waals surface area contributed by atoms with Crippen molar-refractivity contribution in [1.29, 1.82) is 0 Å². The topological polar surface area (TPSA) is 34.0 Å². The molecule has 4 rings (SSSR count). The molecule has 1 aromatic heterocycles. The van der Waals surface area contributed by atoms with Gasteiger partial charge in [0.1, 0.15) is 11.6 Å². The van der Waals surface area contributed by atoms with E-state index in [0.717, 1.165) is 18.9 Å². The Labute approximate surface area is 142 Å². The van der Waals surface area contributed by atoms with Crippen molar-refractivity contribution in [3.63, 3.8) is 0 Å². The molecule has 1 aromatic carbocycles. The van der Waals surface area contributed by atoms with E-state index >= 15 is 0 Å². The summed E-state index contributed by atoms with van der Waals surface area (Å²) in [7, 11) is 2.13. The Balaban J connectivity index is 1.58. The Morgan fingerprint density at radius 3 is 2.70 bits per heavy atom. The molecule has 0 radical (unpaired) electrons. The smallest absolute Gasteiger partial charge is 0.146 e. The predicted molar refractivity (Wildman–Crippen MR) is 94.5 cm³/mol. The first-order valence-corrected chi connectivity index (χ1v) is 9.57. The predicted octanol–water partition coefficient (Wildman–Crippen LogP) is 3.37. The molecule has 2 aliphatic rings. The lowest BCUT2D eigenvalue weighted by Gasteiger charge is -2.39. The van der Waals surface area contributed by atoms with Crippen LogP contribution in [0.15, 0.2) is 30.3 Å². The summed E-state index contributed by atoms with van der Waals surface area (Å²) < 4.78 is 2.23. The molecule has 2 aromatic rings. The summed E-state index contributed by atoms with van der Waals surface area (Å²) in [5.74, 6) is 4.13. The van der Waals surface area contributed by atoms with Gasteiger partial charge in [0, 0.05) is 36.6 Å². The van der Waals surface area contributed by atoms with Crippen molar-refractivity contribution < 1.29 is 0 Å². The maximum Gasteiger partial charge on any atom is 0.146 e. The molecule has 0 amide bonds. The van der Waals surface area contributed by atoms with Crippen LogP contribution in [0.25, 0.3) is 0 Å². The van der Waals surface area contributed by atoms with Gasteiger partial charge in [-0.25, -0.2) is 0 Å². The van der Waals surface area contributed by atoms with Gasteiger partial charge in [0.2, 0.25) is 0 Å². The van der Waals surface area contributed by atoms with Gasteiger partial charge in [-0.3, -0.25) is 4.90 Å². The second-order valence-electron chi connectivity index (χ2n) is 6.71. The number of thioether (sulfide) groups is 1. The van der Waals surface area contributed by atoms with Crippen LogP contribution in [0.4, 0.5) is 0 Å². The summed E-state index contributed by atoms with van der Waals surface area (Å²) in [5.41, 5.74) is 1.41. The zero-order valence-corrected chi connectivity index (χ0v) is 14.7. The third kappa shape index (κ3) is 3.04. The molecule has 1 aliphatic carbocycles. The van der Waals surface area contributed by atoms with Gasteiger partial charge in [-0.05, 0) is 18.4 Å². The summed E-state index contributed by atoms with van der Waals surface area (Å²) in [6, 6.07) is 11.4. The van der Waals surface area contributed by atoms with Crippen LogP contribution in [0.2, 0.25) is 0 Å². The molecular weight excluding hydrogens is 304 g/mol. The molecule has 1 aliphatic heterocycles. The van der Waals surface area contributed by atoms with Crippen LogP contribution < -0.4 is 0 Å². The van der Waals surface area contributed by atoms with Gasteiger partial charge in [0.15, 0.2) is 0 Å². The second kappa shape index (κ2) is 6.29. The van der Waals surface area contributed by atoms with Crippen LogP contribution in [-0.4, -0.2) is 37.2 Å². The highest BCUT2D eigenvalue weighted by Gasteiger charge is 2.33. The SMILES string of the molecule is C[C@@H]1SCCN(Cc2nnc(C3CC3)n2C)[C@H]1c1ccccc1. The lowest BCUT2D eigenvalue weighted by molar-refractivity contribution is 0.185. The Bertz CT molecular complexity index is 665. The van der Waals surface area contributed by atoms with Gasteiger partial charge in [-0.15, -0.1) is 10.2 Å². The average molecular weight is 328 g/mol. The first-order chi connectivity index (χ1) is 11.2. The first kappa shape index (κ1) is 15.2. The van der Waals surface area contributed by atoms with Crippen LogP contribution in [-0.2, 0) is 13.6 Å². The molecule has 5 heteroatoms. The van der Waals surface area contributed by atoms with E-state index in [1.54, 1.807) is 0 Å². The molecule has 0 unspecified atom stereocenters. The van der Waals surface area contributed by atoms with E-state index in [4.69, 9.17) is 0 Å². The molecule has 2 heterocycles. The van der Waals surface area contributed by atoms with Crippen molar-refractivity contribution in [2.45, 2.75) is 43.5 Å². The quantitative estimate of drug-likeness (QED) is 0.862. The number of aromatic nitrogens is 3. The Kier molecular flexibility index (Phi) is 4.16. The average Bonchev–Trinajstić information content (AvgIpc) is 3.34. The Hall–Kier alpha value is -1.33. The molecular formula is C18H24N4S. The minimum Gasteiger partial charge on any atom is -0.317 e. The molecule has 4 nitrogen and oxygen atoms in total. The Morgan fingerprint density at radius 2 is 1.96 bits per heavy atom. The standard InChI is InChI=1S/C18H24N4S/c1-13-17(14-6-4-3-5-7-14)22(10-11-23-13)12-16-19-20-18(21(16)2)15-8-9-15/h3-7,13,15,17H,8-12H2,1-2H3/t13-,17+/m0/s1. The van der Waals surface area contributed by atoms with Gasteiger partial charge >= 0.3 is 0 Å². The molecule has 23 heavy (non-hydrogen) atoms. The monoisotopic (exact) mass is 328 g/mol. The van der Waals surface area contributed by atoms with Crippen molar-refractivity contribution >= 4 is 11.8 Å². The molecule has 0 N–H and O–H groups in total. The second-order valence-corrected chi connectivity index (χ2v) is 8.19. The van der Waals surface area contributed by atoms with Crippen LogP contribution in [0.5, 0.6) is 0 Å². The number of benzene rings is 1. The minimum absolute atomic E-state index is 0.455. The minimum atomic E-state index is 0.455. The molecule has 0 spiro atoms. The van der Waals surface area contributed by atoms with Gasteiger partial charge in [-0.1, -0.05) is 37.3 Å². The fourth-order valence-corrected chi connectivity index (χ4v) is 4.81. The largest absolute Gasteiger partial charge is 0.317 e. The van der Waals surface area contributed by atoms with E-state index in [0.29, 0.717) is 17.2 Å². The zero-order chi connectivity index (χ0) is 15.8. The van der Waals surface area contributed by atoms with Crippen LogP contribution in [0.3, 0.4) is 0 Å². The molecule has 2 atom stereocenters. The summed E-state index contributed by atoms with van der Waals surface area (Å²) >= 11 is 2.08. The molecule has 2 fully saturated rings. The number of nitrogens with zero attached hydrogens (tertiary/aromatic N) is 4. The normalized spacial score (nSPS) is 25.7. The molecule has 0 bridgehead atoms. The first-order valence-electron chi connectivity index (χ1n) is 8.53. The number of hydrogen-bond acceptors (Lipinski definition) is 4. The van der Waals surface area contributed by atoms with Gasteiger partial charge < -0.3 is 4.57 Å².